The standard InChI is InChI=1S/C19H20N2O2/c22-14(12-20-11-5-10-19(20)23)13-21-17-8-3-1-6-15(17)16-7-2-4-9-18(16)21/h1-4,6-9,14,22H,5,10-13H2. The molecule has 0 saturated carbocycles. The zero-order chi connectivity index (χ0) is 15.8. The lowest BCUT2D eigenvalue weighted by atomic mass is 10.2. The molecule has 2 heterocycles. The topological polar surface area (TPSA) is 45.5 Å². The lowest BCUT2D eigenvalue weighted by Crippen LogP contribution is -2.35. The van der Waals surface area contributed by atoms with Gasteiger partial charge in [0.1, 0.15) is 0 Å². The Bertz CT molecular complexity index is 815. The van der Waals surface area contributed by atoms with Crippen molar-refractivity contribution in [2.24, 2.45) is 0 Å². The molecular formula is C19H20N2O2. The van der Waals surface area contributed by atoms with Crippen LogP contribution in [-0.4, -0.2) is 39.7 Å². The molecule has 1 amide bonds. The summed E-state index contributed by atoms with van der Waals surface area (Å²) >= 11 is 0. The molecule has 0 radical (unpaired) electrons. The molecule has 1 N–H and O–H groups in total. The molecule has 4 heteroatoms. The van der Waals surface area contributed by atoms with Gasteiger partial charge in [0.25, 0.3) is 0 Å². The highest BCUT2D eigenvalue weighted by Gasteiger charge is 2.23. The fraction of sp³-hybridized carbons (Fsp3) is 0.316. The molecule has 1 unspecified atom stereocenters. The summed E-state index contributed by atoms with van der Waals surface area (Å²) in [5.74, 6) is 0.159. The van der Waals surface area contributed by atoms with Gasteiger partial charge in [0.05, 0.1) is 12.6 Å². The van der Waals surface area contributed by atoms with Crippen molar-refractivity contribution in [2.75, 3.05) is 13.1 Å². The summed E-state index contributed by atoms with van der Waals surface area (Å²) in [6, 6.07) is 16.5. The van der Waals surface area contributed by atoms with Crippen LogP contribution in [0.1, 0.15) is 12.8 Å². The molecule has 1 aliphatic rings. The van der Waals surface area contributed by atoms with Crippen LogP contribution in [0.25, 0.3) is 21.8 Å². The van der Waals surface area contributed by atoms with Gasteiger partial charge in [-0.3, -0.25) is 4.79 Å². The third-order valence-electron chi connectivity index (χ3n) is 4.68. The zero-order valence-corrected chi connectivity index (χ0v) is 13.0. The fourth-order valence-electron chi connectivity index (χ4n) is 3.62. The van der Waals surface area contributed by atoms with Crippen molar-refractivity contribution >= 4 is 27.7 Å². The van der Waals surface area contributed by atoms with Crippen LogP contribution < -0.4 is 0 Å². The third kappa shape index (κ3) is 2.49. The first-order valence-corrected chi connectivity index (χ1v) is 8.16. The van der Waals surface area contributed by atoms with Crippen LogP contribution in [0.4, 0.5) is 0 Å². The smallest absolute Gasteiger partial charge is 0.222 e. The lowest BCUT2D eigenvalue weighted by molar-refractivity contribution is -0.129. The minimum atomic E-state index is -0.559. The molecule has 0 bridgehead atoms. The molecule has 0 spiro atoms. The Kier molecular flexibility index (Phi) is 3.54. The molecule has 0 aliphatic carbocycles. The number of para-hydroxylation sites is 2. The summed E-state index contributed by atoms with van der Waals surface area (Å²) in [7, 11) is 0. The average Bonchev–Trinajstić information content (AvgIpc) is 3.11. The van der Waals surface area contributed by atoms with Gasteiger partial charge >= 0.3 is 0 Å². The number of benzene rings is 2. The maximum absolute atomic E-state index is 11.7. The molecule has 1 saturated heterocycles. The summed E-state index contributed by atoms with van der Waals surface area (Å²) in [5.41, 5.74) is 2.25. The van der Waals surface area contributed by atoms with Crippen molar-refractivity contribution in [3.8, 4) is 0 Å². The van der Waals surface area contributed by atoms with Crippen molar-refractivity contribution in [3.63, 3.8) is 0 Å². The lowest BCUT2D eigenvalue weighted by Gasteiger charge is -2.21. The highest BCUT2D eigenvalue weighted by atomic mass is 16.3. The van der Waals surface area contributed by atoms with E-state index in [2.05, 4.69) is 28.8 Å². The second kappa shape index (κ2) is 5.70. The molecule has 1 fully saturated rings. The average molecular weight is 308 g/mol. The number of hydrogen-bond donors (Lipinski definition) is 1. The van der Waals surface area contributed by atoms with Gasteiger partial charge in [-0.15, -0.1) is 0 Å². The highest BCUT2D eigenvalue weighted by Crippen LogP contribution is 2.29. The SMILES string of the molecule is O=C1CCCN1CC(O)Cn1c2ccccc2c2ccccc21. The number of amides is 1. The van der Waals surface area contributed by atoms with E-state index in [4.69, 9.17) is 0 Å². The molecule has 118 valence electrons. The Hall–Kier alpha value is -2.33. The number of likely N-dealkylation sites (tertiary alicyclic amines) is 1. The van der Waals surface area contributed by atoms with Crippen molar-refractivity contribution in [3.05, 3.63) is 48.5 Å². The van der Waals surface area contributed by atoms with E-state index in [1.165, 1.54) is 10.8 Å². The van der Waals surface area contributed by atoms with E-state index in [1.807, 2.05) is 24.3 Å². The fourth-order valence-corrected chi connectivity index (χ4v) is 3.62. The van der Waals surface area contributed by atoms with Gasteiger partial charge in [-0.25, -0.2) is 0 Å². The number of nitrogens with zero attached hydrogens (tertiary/aromatic N) is 2. The predicted octanol–water partition coefficient (Wildman–Crippen LogP) is 2.78. The van der Waals surface area contributed by atoms with E-state index >= 15 is 0 Å². The van der Waals surface area contributed by atoms with Gasteiger partial charge in [0.15, 0.2) is 0 Å². The van der Waals surface area contributed by atoms with Gasteiger partial charge in [0, 0.05) is 41.3 Å². The van der Waals surface area contributed by atoms with Crippen LogP contribution in [-0.2, 0) is 11.3 Å². The molecule has 1 atom stereocenters. The van der Waals surface area contributed by atoms with Gasteiger partial charge in [-0.2, -0.15) is 0 Å². The summed E-state index contributed by atoms with van der Waals surface area (Å²) in [5, 5.41) is 12.9. The first-order valence-electron chi connectivity index (χ1n) is 8.16. The van der Waals surface area contributed by atoms with E-state index in [1.54, 1.807) is 4.90 Å². The Balaban J connectivity index is 1.68. The molecule has 4 nitrogen and oxygen atoms in total. The van der Waals surface area contributed by atoms with E-state index in [0.29, 0.717) is 19.5 Å². The molecule has 4 rings (SSSR count). The summed E-state index contributed by atoms with van der Waals surface area (Å²) in [6.45, 7) is 1.68. The van der Waals surface area contributed by atoms with E-state index in [0.717, 1.165) is 24.0 Å². The van der Waals surface area contributed by atoms with Crippen molar-refractivity contribution < 1.29 is 9.90 Å². The Morgan fingerprint density at radius 3 is 2.13 bits per heavy atom. The van der Waals surface area contributed by atoms with Crippen LogP contribution in [0.3, 0.4) is 0 Å². The highest BCUT2D eigenvalue weighted by molar-refractivity contribution is 6.07. The van der Waals surface area contributed by atoms with Crippen LogP contribution in [0.15, 0.2) is 48.5 Å². The molecule has 1 aliphatic heterocycles. The molecular weight excluding hydrogens is 288 g/mol. The monoisotopic (exact) mass is 308 g/mol. The van der Waals surface area contributed by atoms with E-state index in [9.17, 15) is 9.90 Å². The summed E-state index contributed by atoms with van der Waals surface area (Å²) < 4.78 is 2.16. The normalized spacial score (nSPS) is 16.6. The van der Waals surface area contributed by atoms with Crippen LogP contribution in [0.2, 0.25) is 0 Å². The predicted molar refractivity (Wildman–Crippen MR) is 91.3 cm³/mol. The largest absolute Gasteiger partial charge is 0.389 e. The number of carbonyl (C=O) groups is 1. The van der Waals surface area contributed by atoms with Gasteiger partial charge in [-0.05, 0) is 18.6 Å². The van der Waals surface area contributed by atoms with Gasteiger partial charge in [-0.1, -0.05) is 36.4 Å². The van der Waals surface area contributed by atoms with Crippen molar-refractivity contribution in [2.45, 2.75) is 25.5 Å². The third-order valence-corrected chi connectivity index (χ3v) is 4.68. The van der Waals surface area contributed by atoms with Crippen LogP contribution in [0.5, 0.6) is 0 Å². The number of aromatic nitrogens is 1. The Labute approximate surface area is 134 Å². The van der Waals surface area contributed by atoms with Gasteiger partial charge in [0.2, 0.25) is 5.91 Å². The number of hydrogen-bond acceptors (Lipinski definition) is 2. The Morgan fingerprint density at radius 2 is 1.57 bits per heavy atom. The quantitative estimate of drug-likeness (QED) is 0.805. The maximum atomic E-state index is 11.7. The second-order valence-corrected chi connectivity index (χ2v) is 6.24. The zero-order valence-electron chi connectivity index (χ0n) is 13.0. The number of aliphatic hydroxyl groups excluding tert-OH is 1. The number of aliphatic hydroxyl groups is 1. The molecule has 23 heavy (non-hydrogen) atoms. The number of rotatable bonds is 4. The minimum absolute atomic E-state index is 0.159. The Morgan fingerprint density at radius 1 is 0.957 bits per heavy atom. The van der Waals surface area contributed by atoms with E-state index < -0.39 is 6.10 Å². The number of fused-ring (bicyclic) bond motifs is 3. The van der Waals surface area contributed by atoms with E-state index in [-0.39, 0.29) is 5.91 Å². The summed E-state index contributed by atoms with van der Waals surface area (Å²) in [4.78, 5) is 13.5. The second-order valence-electron chi connectivity index (χ2n) is 6.24. The summed E-state index contributed by atoms with van der Waals surface area (Å²) in [6.07, 6.45) is 0.958. The van der Waals surface area contributed by atoms with Crippen molar-refractivity contribution in [1.82, 2.24) is 9.47 Å². The first-order chi connectivity index (χ1) is 11.2. The van der Waals surface area contributed by atoms with Crippen molar-refractivity contribution in [1.29, 1.82) is 0 Å². The maximum Gasteiger partial charge on any atom is 0.222 e. The minimum Gasteiger partial charge on any atom is -0.389 e. The molecule has 1 aromatic heterocycles. The van der Waals surface area contributed by atoms with Gasteiger partial charge < -0.3 is 14.6 Å². The molecule has 2 aromatic carbocycles. The number of β-amino-alcohol motifs (C(OH)–C–C–N with tert-alkyl or cyclic N) is 1. The van der Waals surface area contributed by atoms with Crippen LogP contribution >= 0.6 is 0 Å². The van der Waals surface area contributed by atoms with Crippen LogP contribution in [0, 0.1) is 0 Å². The number of carbonyl (C=O) groups excluding carboxylic acids is 1. The first kappa shape index (κ1) is 14.3. The molecule has 3 aromatic rings.